The van der Waals surface area contributed by atoms with E-state index in [-0.39, 0.29) is 12.1 Å². The third-order valence-corrected chi connectivity index (χ3v) is 5.05. The van der Waals surface area contributed by atoms with Crippen LogP contribution in [-0.4, -0.2) is 54.2 Å². The Morgan fingerprint density at radius 3 is 2.79 bits per heavy atom. The smallest absolute Gasteiger partial charge is 0.321 e. The van der Waals surface area contributed by atoms with Crippen LogP contribution < -0.4 is 15.0 Å². The summed E-state index contributed by atoms with van der Waals surface area (Å²) in [6.07, 6.45) is 4.91. The van der Waals surface area contributed by atoms with Crippen LogP contribution in [0.5, 0.6) is 5.88 Å². The van der Waals surface area contributed by atoms with Crippen molar-refractivity contribution in [1.29, 1.82) is 0 Å². The van der Waals surface area contributed by atoms with Crippen molar-refractivity contribution >= 4 is 28.3 Å². The SMILES string of the molecule is CN(C)c1nccnc1OC1CCCN(C(=O)Nc2cccc3ccccc23)C1. The maximum atomic E-state index is 12.9. The van der Waals surface area contributed by atoms with E-state index in [1.54, 1.807) is 12.4 Å². The number of urea groups is 1. The highest BCUT2D eigenvalue weighted by Gasteiger charge is 2.26. The van der Waals surface area contributed by atoms with Crippen LogP contribution in [0, 0.1) is 0 Å². The maximum Gasteiger partial charge on any atom is 0.321 e. The van der Waals surface area contributed by atoms with Crippen molar-refractivity contribution in [2.24, 2.45) is 0 Å². The van der Waals surface area contributed by atoms with Gasteiger partial charge >= 0.3 is 6.03 Å². The summed E-state index contributed by atoms with van der Waals surface area (Å²) in [7, 11) is 3.81. The zero-order chi connectivity index (χ0) is 20.2. The Bertz CT molecular complexity index is 1000. The van der Waals surface area contributed by atoms with E-state index in [9.17, 15) is 4.79 Å². The number of aromatic nitrogens is 2. The minimum absolute atomic E-state index is 0.110. The van der Waals surface area contributed by atoms with E-state index >= 15 is 0 Å². The number of rotatable bonds is 4. The van der Waals surface area contributed by atoms with Gasteiger partial charge in [0.1, 0.15) is 6.10 Å². The van der Waals surface area contributed by atoms with Gasteiger partial charge in [-0.3, -0.25) is 0 Å². The predicted molar refractivity (Wildman–Crippen MR) is 115 cm³/mol. The second kappa shape index (κ2) is 8.34. The monoisotopic (exact) mass is 391 g/mol. The summed E-state index contributed by atoms with van der Waals surface area (Å²) in [5.41, 5.74) is 0.819. The Kier molecular flexibility index (Phi) is 5.46. The molecule has 2 heterocycles. The standard InChI is InChI=1S/C22H25N5O2/c1-26(2)20-21(24-13-12-23-20)29-17-9-6-14-27(15-17)22(28)25-19-11-5-8-16-7-3-4-10-18(16)19/h3-5,7-8,10-13,17H,6,9,14-15H2,1-2H3,(H,25,28). The molecular formula is C22H25N5O2. The molecule has 0 saturated carbocycles. The molecule has 1 aromatic heterocycles. The normalized spacial score (nSPS) is 16.5. The van der Waals surface area contributed by atoms with Crippen LogP contribution >= 0.6 is 0 Å². The van der Waals surface area contributed by atoms with Crippen LogP contribution in [0.2, 0.25) is 0 Å². The molecule has 0 radical (unpaired) electrons. The maximum absolute atomic E-state index is 12.9. The van der Waals surface area contributed by atoms with Gasteiger partial charge in [-0.1, -0.05) is 36.4 Å². The third-order valence-electron chi connectivity index (χ3n) is 5.05. The number of anilines is 2. The molecule has 1 aliphatic heterocycles. The predicted octanol–water partition coefficient (Wildman–Crippen LogP) is 3.77. The average molecular weight is 391 g/mol. The highest BCUT2D eigenvalue weighted by molar-refractivity contribution is 6.01. The summed E-state index contributed by atoms with van der Waals surface area (Å²) in [4.78, 5) is 25.2. The second-order valence-corrected chi connectivity index (χ2v) is 7.36. The number of likely N-dealkylation sites (tertiary alicyclic amines) is 1. The summed E-state index contributed by atoms with van der Waals surface area (Å²) in [5.74, 6) is 1.18. The van der Waals surface area contributed by atoms with Crippen LogP contribution in [0.25, 0.3) is 10.8 Å². The van der Waals surface area contributed by atoms with Crippen molar-refractivity contribution in [1.82, 2.24) is 14.9 Å². The number of hydrogen-bond donors (Lipinski definition) is 1. The van der Waals surface area contributed by atoms with Crippen LogP contribution in [0.4, 0.5) is 16.3 Å². The van der Waals surface area contributed by atoms with Crippen LogP contribution in [0.3, 0.4) is 0 Å². The molecule has 0 bridgehead atoms. The molecule has 1 saturated heterocycles. The van der Waals surface area contributed by atoms with Gasteiger partial charge in [0.05, 0.1) is 12.2 Å². The minimum Gasteiger partial charge on any atom is -0.470 e. The molecule has 1 atom stereocenters. The molecule has 1 aliphatic rings. The van der Waals surface area contributed by atoms with Gasteiger partial charge in [-0.05, 0) is 24.3 Å². The first kappa shape index (κ1) is 19.0. The van der Waals surface area contributed by atoms with Gasteiger partial charge in [0, 0.05) is 38.4 Å². The van der Waals surface area contributed by atoms with E-state index in [1.165, 1.54) is 0 Å². The van der Waals surface area contributed by atoms with E-state index < -0.39 is 0 Å². The Morgan fingerprint density at radius 2 is 1.93 bits per heavy atom. The quantitative estimate of drug-likeness (QED) is 0.733. The highest BCUT2D eigenvalue weighted by atomic mass is 16.5. The number of piperidine rings is 1. The van der Waals surface area contributed by atoms with Gasteiger partial charge in [-0.2, -0.15) is 0 Å². The molecule has 0 spiro atoms. The number of carbonyl (C=O) groups excluding carboxylic acids is 1. The van der Waals surface area contributed by atoms with Gasteiger partial charge in [0.25, 0.3) is 5.88 Å². The van der Waals surface area contributed by atoms with Crippen molar-refractivity contribution < 1.29 is 9.53 Å². The summed E-state index contributed by atoms with van der Waals surface area (Å²) in [5, 5.41) is 5.20. The fourth-order valence-electron chi connectivity index (χ4n) is 3.61. The Morgan fingerprint density at radius 1 is 1.14 bits per heavy atom. The fraction of sp³-hybridized carbons (Fsp3) is 0.318. The van der Waals surface area contributed by atoms with Crippen molar-refractivity contribution in [2.75, 3.05) is 37.4 Å². The van der Waals surface area contributed by atoms with Gasteiger partial charge in [-0.25, -0.2) is 14.8 Å². The number of amides is 2. The number of hydrogen-bond acceptors (Lipinski definition) is 5. The minimum atomic E-state index is -0.114. The van der Waals surface area contributed by atoms with Gasteiger partial charge in [-0.15, -0.1) is 0 Å². The van der Waals surface area contributed by atoms with Gasteiger partial charge < -0.3 is 19.9 Å². The number of carbonyl (C=O) groups is 1. The Hall–Kier alpha value is -3.35. The molecule has 7 heteroatoms. The van der Waals surface area contributed by atoms with Crippen molar-refractivity contribution in [3.8, 4) is 5.88 Å². The highest BCUT2D eigenvalue weighted by Crippen LogP contribution is 2.26. The van der Waals surface area contributed by atoms with Crippen LogP contribution in [-0.2, 0) is 0 Å². The van der Waals surface area contributed by atoms with E-state index in [4.69, 9.17) is 4.74 Å². The molecule has 7 nitrogen and oxygen atoms in total. The first-order chi connectivity index (χ1) is 14.1. The number of benzene rings is 2. The summed E-state index contributed by atoms with van der Waals surface area (Å²) < 4.78 is 6.11. The Balaban J connectivity index is 1.45. The number of nitrogens with one attached hydrogen (secondary N) is 1. The summed E-state index contributed by atoms with van der Waals surface area (Å²) in [6.45, 7) is 1.22. The molecule has 1 fully saturated rings. The molecule has 2 amide bonds. The van der Waals surface area contributed by atoms with Crippen molar-refractivity contribution in [3.63, 3.8) is 0 Å². The topological polar surface area (TPSA) is 70.6 Å². The molecule has 150 valence electrons. The van der Waals surface area contributed by atoms with Crippen LogP contribution in [0.1, 0.15) is 12.8 Å². The average Bonchev–Trinajstić information content (AvgIpc) is 2.74. The lowest BCUT2D eigenvalue weighted by Gasteiger charge is -2.33. The zero-order valence-electron chi connectivity index (χ0n) is 16.7. The molecule has 2 aromatic carbocycles. The van der Waals surface area contributed by atoms with Crippen molar-refractivity contribution in [2.45, 2.75) is 18.9 Å². The molecule has 1 unspecified atom stereocenters. The molecule has 3 aromatic rings. The lowest BCUT2D eigenvalue weighted by molar-refractivity contribution is 0.103. The molecule has 0 aliphatic carbocycles. The first-order valence-electron chi connectivity index (χ1n) is 9.80. The summed E-state index contributed by atoms with van der Waals surface area (Å²) >= 11 is 0. The van der Waals surface area contributed by atoms with E-state index in [0.717, 1.165) is 29.3 Å². The lowest BCUT2D eigenvalue weighted by Crippen LogP contribution is -2.46. The Labute approximate surface area is 170 Å². The number of ether oxygens (including phenoxy) is 1. The lowest BCUT2D eigenvalue weighted by atomic mass is 10.1. The van der Waals surface area contributed by atoms with Gasteiger partial charge in [0.2, 0.25) is 0 Å². The zero-order valence-corrected chi connectivity index (χ0v) is 16.7. The first-order valence-corrected chi connectivity index (χ1v) is 9.80. The largest absolute Gasteiger partial charge is 0.470 e. The fourth-order valence-corrected chi connectivity index (χ4v) is 3.61. The molecule has 1 N–H and O–H groups in total. The third kappa shape index (κ3) is 4.23. The molecule has 4 rings (SSSR count). The van der Waals surface area contributed by atoms with Gasteiger partial charge in [0.15, 0.2) is 5.82 Å². The van der Waals surface area contributed by atoms with E-state index in [1.807, 2.05) is 66.4 Å². The number of fused-ring (bicyclic) bond motifs is 1. The molecular weight excluding hydrogens is 366 g/mol. The van der Waals surface area contributed by atoms with E-state index in [0.29, 0.717) is 24.8 Å². The number of nitrogens with zero attached hydrogens (tertiary/aromatic N) is 4. The summed E-state index contributed by atoms with van der Waals surface area (Å²) in [6, 6.07) is 13.8. The van der Waals surface area contributed by atoms with Crippen LogP contribution in [0.15, 0.2) is 54.9 Å². The van der Waals surface area contributed by atoms with Crippen molar-refractivity contribution in [3.05, 3.63) is 54.9 Å². The van der Waals surface area contributed by atoms with E-state index in [2.05, 4.69) is 15.3 Å². The second-order valence-electron chi connectivity index (χ2n) is 7.36. The molecule has 29 heavy (non-hydrogen) atoms.